The predicted molar refractivity (Wildman–Crippen MR) is 74.9 cm³/mol. The van der Waals surface area contributed by atoms with Gasteiger partial charge in [-0.1, -0.05) is 27.7 Å². The Balaban J connectivity index is 0.00000154. The van der Waals surface area contributed by atoms with Crippen molar-refractivity contribution >= 4 is 10.0 Å². The average molecular weight is 299 g/mol. The molecule has 19 heavy (non-hydrogen) atoms. The third kappa shape index (κ3) is 6.65. The predicted octanol–water partition coefficient (Wildman–Crippen LogP) is 3.37. The van der Waals surface area contributed by atoms with Gasteiger partial charge in [0.2, 0.25) is 16.4 Å². The number of nitrogens with zero attached hydrogens (tertiary/aromatic N) is 1. The number of hydrogen-bond donors (Lipinski definition) is 0. The Kier molecular flexibility index (Phi) is 8.74. The SMILES string of the molecule is CC.CC(C)C1CCCN(S(=O)(=O)CCC(F)F)C1. The molecule has 0 bridgehead atoms. The monoisotopic (exact) mass is 299 g/mol. The lowest BCUT2D eigenvalue weighted by molar-refractivity contribution is 0.143. The third-order valence-electron chi connectivity index (χ3n) is 3.35. The molecule has 1 heterocycles. The van der Waals surface area contributed by atoms with Crippen molar-refractivity contribution in [3.05, 3.63) is 0 Å². The molecule has 1 unspecified atom stereocenters. The minimum absolute atomic E-state index is 0.352. The Hall–Kier alpha value is -0.230. The maximum atomic E-state index is 12.1. The van der Waals surface area contributed by atoms with Crippen LogP contribution in [0.2, 0.25) is 0 Å². The zero-order valence-corrected chi connectivity index (χ0v) is 13.2. The van der Waals surface area contributed by atoms with Crippen LogP contribution < -0.4 is 0 Å². The molecule has 0 spiro atoms. The molecule has 0 amide bonds. The molecule has 1 fully saturated rings. The number of hydrogen-bond acceptors (Lipinski definition) is 2. The molecule has 3 nitrogen and oxygen atoms in total. The lowest BCUT2D eigenvalue weighted by Gasteiger charge is -2.33. The van der Waals surface area contributed by atoms with E-state index in [1.165, 1.54) is 4.31 Å². The van der Waals surface area contributed by atoms with Gasteiger partial charge in [0, 0.05) is 19.5 Å². The smallest absolute Gasteiger partial charge is 0.212 e. The maximum Gasteiger partial charge on any atom is 0.239 e. The Bertz CT molecular complexity index is 332. The first-order chi connectivity index (χ1) is 8.83. The van der Waals surface area contributed by atoms with Gasteiger partial charge in [-0.2, -0.15) is 0 Å². The van der Waals surface area contributed by atoms with Gasteiger partial charge >= 0.3 is 0 Å². The highest BCUT2D eigenvalue weighted by Crippen LogP contribution is 2.25. The molecule has 0 aromatic heterocycles. The molecule has 0 saturated carbocycles. The van der Waals surface area contributed by atoms with E-state index in [4.69, 9.17) is 0 Å². The number of halogens is 2. The fourth-order valence-corrected chi connectivity index (χ4v) is 3.70. The van der Waals surface area contributed by atoms with Crippen LogP contribution in [-0.2, 0) is 10.0 Å². The van der Waals surface area contributed by atoms with Crippen molar-refractivity contribution in [2.75, 3.05) is 18.8 Å². The van der Waals surface area contributed by atoms with Crippen molar-refractivity contribution in [2.45, 2.75) is 53.4 Å². The number of rotatable bonds is 5. The van der Waals surface area contributed by atoms with E-state index in [1.54, 1.807) is 0 Å². The average Bonchev–Trinajstić information content (AvgIpc) is 2.39. The second-order valence-corrected chi connectivity index (χ2v) is 7.09. The molecular formula is C13H27F2NO2S. The van der Waals surface area contributed by atoms with Crippen LogP contribution in [-0.4, -0.2) is 38.0 Å². The summed E-state index contributed by atoms with van der Waals surface area (Å²) in [5.74, 6) is 0.350. The molecule has 1 aliphatic heterocycles. The quantitative estimate of drug-likeness (QED) is 0.780. The van der Waals surface area contributed by atoms with Crippen molar-refractivity contribution in [1.29, 1.82) is 0 Å². The van der Waals surface area contributed by atoms with Gasteiger partial charge in [-0.15, -0.1) is 0 Å². The molecule has 1 rings (SSSR count). The molecule has 1 atom stereocenters. The lowest BCUT2D eigenvalue weighted by Crippen LogP contribution is -2.42. The van der Waals surface area contributed by atoms with Crippen LogP contribution >= 0.6 is 0 Å². The van der Waals surface area contributed by atoms with Gasteiger partial charge in [-0.05, 0) is 24.7 Å². The molecule has 116 valence electrons. The lowest BCUT2D eigenvalue weighted by atomic mass is 9.89. The first-order valence-electron chi connectivity index (χ1n) is 7.09. The molecule has 6 heteroatoms. The largest absolute Gasteiger partial charge is 0.239 e. The van der Waals surface area contributed by atoms with Gasteiger partial charge in [0.05, 0.1) is 5.75 Å². The molecule has 0 aromatic carbocycles. The van der Waals surface area contributed by atoms with Gasteiger partial charge in [0.25, 0.3) is 0 Å². The summed E-state index contributed by atoms with van der Waals surface area (Å²) in [6.45, 7) is 9.11. The maximum absolute atomic E-state index is 12.1. The summed E-state index contributed by atoms with van der Waals surface area (Å²) in [5, 5.41) is 0. The molecule has 0 aromatic rings. The van der Waals surface area contributed by atoms with Crippen LogP contribution in [0.1, 0.15) is 47.0 Å². The summed E-state index contributed by atoms with van der Waals surface area (Å²) in [5.41, 5.74) is 0. The topological polar surface area (TPSA) is 37.4 Å². The van der Waals surface area contributed by atoms with E-state index in [1.807, 2.05) is 13.8 Å². The highest BCUT2D eigenvalue weighted by Gasteiger charge is 2.30. The van der Waals surface area contributed by atoms with Crippen molar-refractivity contribution in [3.63, 3.8) is 0 Å². The van der Waals surface area contributed by atoms with Crippen LogP contribution in [0.25, 0.3) is 0 Å². The van der Waals surface area contributed by atoms with Crippen LogP contribution in [0.15, 0.2) is 0 Å². The Morgan fingerprint density at radius 3 is 2.32 bits per heavy atom. The fraction of sp³-hybridized carbons (Fsp3) is 1.00. The zero-order valence-electron chi connectivity index (χ0n) is 12.4. The molecule has 1 aliphatic rings. The second-order valence-electron chi connectivity index (χ2n) is 5.00. The number of sulfonamides is 1. The van der Waals surface area contributed by atoms with Crippen molar-refractivity contribution in [3.8, 4) is 0 Å². The minimum Gasteiger partial charge on any atom is -0.212 e. The van der Waals surface area contributed by atoms with Crippen molar-refractivity contribution in [2.24, 2.45) is 11.8 Å². The third-order valence-corrected chi connectivity index (χ3v) is 5.22. The Morgan fingerprint density at radius 2 is 1.84 bits per heavy atom. The Labute approximate surface area is 116 Å². The van der Waals surface area contributed by atoms with E-state index in [0.29, 0.717) is 24.9 Å². The van der Waals surface area contributed by atoms with Crippen molar-refractivity contribution < 1.29 is 17.2 Å². The molecular weight excluding hydrogens is 272 g/mol. The molecule has 0 aliphatic carbocycles. The van der Waals surface area contributed by atoms with Gasteiger partial charge in [0.1, 0.15) is 0 Å². The summed E-state index contributed by atoms with van der Waals surface area (Å²) >= 11 is 0. The van der Waals surface area contributed by atoms with Gasteiger partial charge in [0.15, 0.2) is 0 Å². The van der Waals surface area contributed by atoms with E-state index in [-0.39, 0.29) is 0 Å². The standard InChI is InChI=1S/C11H21F2NO2S.C2H6/c1-9(2)10-4-3-6-14(8-10)17(15,16)7-5-11(12)13;1-2/h9-11H,3-8H2,1-2H3;1-2H3. The highest BCUT2D eigenvalue weighted by atomic mass is 32.2. The highest BCUT2D eigenvalue weighted by molar-refractivity contribution is 7.89. The van der Waals surface area contributed by atoms with E-state index < -0.39 is 28.6 Å². The second kappa shape index (κ2) is 8.84. The first-order valence-corrected chi connectivity index (χ1v) is 8.70. The summed E-state index contributed by atoms with van der Waals surface area (Å²) in [6.07, 6.45) is -1.25. The van der Waals surface area contributed by atoms with Crippen LogP contribution in [0.5, 0.6) is 0 Å². The minimum atomic E-state index is -3.49. The summed E-state index contributed by atoms with van der Waals surface area (Å²) in [7, 11) is -3.49. The Morgan fingerprint density at radius 1 is 1.26 bits per heavy atom. The summed E-state index contributed by atoms with van der Waals surface area (Å²) < 4.78 is 49.2. The summed E-state index contributed by atoms with van der Waals surface area (Å²) in [4.78, 5) is 0. The molecule has 0 N–H and O–H groups in total. The van der Waals surface area contributed by atoms with E-state index in [9.17, 15) is 17.2 Å². The van der Waals surface area contributed by atoms with E-state index >= 15 is 0 Å². The number of piperidine rings is 1. The first kappa shape index (κ1) is 18.8. The number of alkyl halides is 2. The van der Waals surface area contributed by atoms with Gasteiger partial charge in [-0.3, -0.25) is 0 Å². The summed E-state index contributed by atoms with van der Waals surface area (Å²) in [6, 6.07) is 0. The van der Waals surface area contributed by atoms with Gasteiger partial charge in [-0.25, -0.2) is 21.5 Å². The fourth-order valence-electron chi connectivity index (χ4n) is 2.14. The normalized spacial score (nSPS) is 21.4. The molecule has 0 radical (unpaired) electrons. The van der Waals surface area contributed by atoms with E-state index in [2.05, 4.69) is 13.8 Å². The van der Waals surface area contributed by atoms with Gasteiger partial charge < -0.3 is 0 Å². The van der Waals surface area contributed by atoms with Crippen LogP contribution in [0, 0.1) is 11.8 Å². The molecule has 1 saturated heterocycles. The van der Waals surface area contributed by atoms with E-state index in [0.717, 1.165) is 12.8 Å². The van der Waals surface area contributed by atoms with Crippen LogP contribution in [0.4, 0.5) is 8.78 Å². The van der Waals surface area contributed by atoms with Crippen molar-refractivity contribution in [1.82, 2.24) is 4.31 Å². The zero-order chi connectivity index (χ0) is 15.1. The van der Waals surface area contributed by atoms with Crippen LogP contribution in [0.3, 0.4) is 0 Å².